The van der Waals surface area contributed by atoms with Crippen LogP contribution in [0.5, 0.6) is 0 Å². The van der Waals surface area contributed by atoms with Crippen molar-refractivity contribution in [1.82, 2.24) is 30.3 Å². The Bertz CT molecular complexity index is 835. The highest BCUT2D eigenvalue weighted by Gasteiger charge is 2.17. The second-order valence-corrected chi connectivity index (χ2v) is 7.43. The predicted octanol–water partition coefficient (Wildman–Crippen LogP) is 2.71. The first-order valence-electron chi connectivity index (χ1n) is 8.72. The zero-order valence-electron chi connectivity index (χ0n) is 15.3. The number of hydrogen-bond donors (Lipinski definition) is 1. The van der Waals surface area contributed by atoms with Crippen molar-refractivity contribution in [2.45, 2.75) is 38.1 Å². The minimum atomic E-state index is -0.0643. The third-order valence-electron chi connectivity index (χ3n) is 3.78. The molecule has 9 heteroatoms. The quantitative estimate of drug-likeness (QED) is 0.565. The Balaban J connectivity index is 1.53. The van der Waals surface area contributed by atoms with Crippen molar-refractivity contribution < 1.29 is 9.21 Å². The van der Waals surface area contributed by atoms with Gasteiger partial charge in [0.2, 0.25) is 11.8 Å². The van der Waals surface area contributed by atoms with E-state index in [4.69, 9.17) is 4.42 Å². The lowest BCUT2D eigenvalue weighted by Crippen LogP contribution is -2.30. The fourth-order valence-electron chi connectivity index (χ4n) is 2.61. The number of rotatable bonds is 9. The van der Waals surface area contributed by atoms with Crippen molar-refractivity contribution in [3.05, 3.63) is 54.4 Å². The SMILES string of the molecule is CC(C)CC(NC(=O)CSc1nnc(Cn2cncn2)o1)c1ccccc1. The van der Waals surface area contributed by atoms with E-state index in [2.05, 4.69) is 39.4 Å². The molecule has 1 N–H and O–H groups in total. The zero-order chi connectivity index (χ0) is 19.1. The summed E-state index contributed by atoms with van der Waals surface area (Å²) in [4.78, 5) is 16.3. The summed E-state index contributed by atoms with van der Waals surface area (Å²) >= 11 is 1.22. The summed E-state index contributed by atoms with van der Waals surface area (Å²) < 4.78 is 7.12. The Morgan fingerprint density at radius 1 is 1.26 bits per heavy atom. The molecule has 0 spiro atoms. The summed E-state index contributed by atoms with van der Waals surface area (Å²) in [6.07, 6.45) is 3.89. The molecule has 3 rings (SSSR count). The molecule has 0 aliphatic heterocycles. The van der Waals surface area contributed by atoms with Gasteiger partial charge in [0.05, 0.1) is 11.8 Å². The number of amides is 1. The van der Waals surface area contributed by atoms with Gasteiger partial charge in [-0.2, -0.15) is 5.10 Å². The van der Waals surface area contributed by atoms with Gasteiger partial charge in [-0.05, 0) is 17.9 Å². The van der Waals surface area contributed by atoms with Crippen molar-refractivity contribution in [3.8, 4) is 0 Å². The van der Waals surface area contributed by atoms with Crippen molar-refractivity contribution in [3.63, 3.8) is 0 Å². The number of carbonyl (C=O) groups is 1. The van der Waals surface area contributed by atoms with E-state index in [9.17, 15) is 4.79 Å². The van der Waals surface area contributed by atoms with Crippen LogP contribution in [0.2, 0.25) is 0 Å². The van der Waals surface area contributed by atoms with Crippen LogP contribution >= 0.6 is 11.8 Å². The second kappa shape index (κ2) is 9.31. The van der Waals surface area contributed by atoms with E-state index in [1.54, 1.807) is 11.0 Å². The van der Waals surface area contributed by atoms with E-state index in [-0.39, 0.29) is 17.7 Å². The van der Waals surface area contributed by atoms with Crippen molar-refractivity contribution in [1.29, 1.82) is 0 Å². The smallest absolute Gasteiger partial charge is 0.277 e. The Labute approximate surface area is 161 Å². The number of hydrogen-bond acceptors (Lipinski definition) is 7. The molecule has 2 heterocycles. The molecule has 0 saturated carbocycles. The van der Waals surface area contributed by atoms with Gasteiger partial charge in [-0.1, -0.05) is 55.9 Å². The van der Waals surface area contributed by atoms with Crippen LogP contribution in [0.3, 0.4) is 0 Å². The Kier molecular flexibility index (Phi) is 6.59. The maximum atomic E-state index is 12.4. The molecule has 1 unspecified atom stereocenters. The standard InChI is InChI=1S/C18H22N6O2S/c1-13(2)8-15(14-6-4-3-5-7-14)21-16(25)10-27-18-23-22-17(26-18)9-24-12-19-11-20-24/h3-7,11-13,15H,8-10H2,1-2H3,(H,21,25). The number of aromatic nitrogens is 5. The van der Waals surface area contributed by atoms with Gasteiger partial charge < -0.3 is 9.73 Å². The van der Waals surface area contributed by atoms with Gasteiger partial charge in [0.15, 0.2) is 0 Å². The fraction of sp³-hybridized carbons (Fsp3) is 0.389. The summed E-state index contributed by atoms with van der Waals surface area (Å²) in [5, 5.41) is 15.4. The average Bonchev–Trinajstić information content (AvgIpc) is 3.32. The molecule has 8 nitrogen and oxygen atoms in total. The monoisotopic (exact) mass is 386 g/mol. The average molecular weight is 386 g/mol. The summed E-state index contributed by atoms with van der Waals surface area (Å²) in [5.41, 5.74) is 1.11. The maximum Gasteiger partial charge on any atom is 0.277 e. The van der Waals surface area contributed by atoms with Crippen LogP contribution in [0.15, 0.2) is 52.6 Å². The van der Waals surface area contributed by atoms with Gasteiger partial charge in [-0.25, -0.2) is 9.67 Å². The molecule has 0 radical (unpaired) electrons. The van der Waals surface area contributed by atoms with E-state index in [0.29, 0.717) is 23.6 Å². The van der Waals surface area contributed by atoms with Gasteiger partial charge in [-0.15, -0.1) is 10.2 Å². The Morgan fingerprint density at radius 2 is 2.07 bits per heavy atom. The molecule has 0 fully saturated rings. The largest absolute Gasteiger partial charge is 0.414 e. The van der Waals surface area contributed by atoms with Crippen LogP contribution < -0.4 is 5.32 Å². The first-order valence-corrected chi connectivity index (χ1v) is 9.70. The molecule has 0 saturated heterocycles. The van der Waals surface area contributed by atoms with Crippen LogP contribution in [-0.2, 0) is 11.3 Å². The number of benzene rings is 1. The third kappa shape index (κ3) is 5.92. The van der Waals surface area contributed by atoms with Crippen LogP contribution in [0.1, 0.15) is 37.8 Å². The van der Waals surface area contributed by atoms with Gasteiger partial charge >= 0.3 is 0 Å². The van der Waals surface area contributed by atoms with E-state index < -0.39 is 0 Å². The molecule has 0 bridgehead atoms. The topological polar surface area (TPSA) is 98.7 Å². The van der Waals surface area contributed by atoms with E-state index in [0.717, 1.165) is 12.0 Å². The maximum absolute atomic E-state index is 12.4. The molecular weight excluding hydrogens is 364 g/mol. The fourth-order valence-corrected chi connectivity index (χ4v) is 3.20. The zero-order valence-corrected chi connectivity index (χ0v) is 16.1. The molecule has 0 aliphatic carbocycles. The highest BCUT2D eigenvalue weighted by Crippen LogP contribution is 2.22. The van der Waals surface area contributed by atoms with E-state index >= 15 is 0 Å². The number of nitrogens with one attached hydrogen (secondary N) is 1. The molecule has 1 atom stereocenters. The van der Waals surface area contributed by atoms with E-state index in [1.165, 1.54) is 18.1 Å². The van der Waals surface area contributed by atoms with Crippen molar-refractivity contribution in [2.24, 2.45) is 5.92 Å². The first-order chi connectivity index (χ1) is 13.1. The predicted molar refractivity (Wildman–Crippen MR) is 101 cm³/mol. The summed E-state index contributed by atoms with van der Waals surface area (Å²) in [6.45, 7) is 4.64. The third-order valence-corrected chi connectivity index (χ3v) is 4.60. The number of thioether (sulfide) groups is 1. The summed E-state index contributed by atoms with van der Waals surface area (Å²) in [7, 11) is 0. The van der Waals surface area contributed by atoms with Crippen LogP contribution in [0.25, 0.3) is 0 Å². The lowest BCUT2D eigenvalue weighted by molar-refractivity contribution is -0.119. The molecule has 1 amide bonds. The molecular formula is C18H22N6O2S. The van der Waals surface area contributed by atoms with Crippen molar-refractivity contribution >= 4 is 17.7 Å². The highest BCUT2D eigenvalue weighted by molar-refractivity contribution is 7.99. The second-order valence-electron chi connectivity index (χ2n) is 6.50. The van der Waals surface area contributed by atoms with Crippen LogP contribution in [0, 0.1) is 5.92 Å². The normalized spacial score (nSPS) is 12.3. The molecule has 27 heavy (non-hydrogen) atoms. The lowest BCUT2D eigenvalue weighted by Gasteiger charge is -2.21. The van der Waals surface area contributed by atoms with Gasteiger partial charge in [0, 0.05) is 0 Å². The minimum absolute atomic E-state index is 0.00939. The van der Waals surface area contributed by atoms with Gasteiger partial charge in [0.25, 0.3) is 5.22 Å². The number of nitrogens with zero attached hydrogens (tertiary/aromatic N) is 5. The Hall–Kier alpha value is -2.68. The lowest BCUT2D eigenvalue weighted by atomic mass is 9.97. The summed E-state index contributed by atoms with van der Waals surface area (Å²) in [5.74, 6) is 1.04. The highest BCUT2D eigenvalue weighted by atomic mass is 32.2. The Morgan fingerprint density at radius 3 is 2.78 bits per heavy atom. The van der Waals surface area contributed by atoms with Crippen LogP contribution in [0.4, 0.5) is 0 Å². The molecule has 2 aromatic heterocycles. The molecule has 0 aliphatic rings. The van der Waals surface area contributed by atoms with Gasteiger partial charge in [0.1, 0.15) is 19.2 Å². The van der Waals surface area contributed by atoms with Gasteiger partial charge in [-0.3, -0.25) is 4.79 Å². The van der Waals surface area contributed by atoms with E-state index in [1.807, 2.05) is 30.3 Å². The molecule has 3 aromatic rings. The molecule has 142 valence electrons. The number of carbonyl (C=O) groups excluding carboxylic acids is 1. The molecule has 1 aromatic carbocycles. The van der Waals surface area contributed by atoms with Crippen LogP contribution in [-0.4, -0.2) is 36.6 Å². The minimum Gasteiger partial charge on any atom is -0.414 e. The summed E-state index contributed by atoms with van der Waals surface area (Å²) in [6, 6.07) is 10.0. The first kappa shape index (κ1) is 19.1. The van der Waals surface area contributed by atoms with Crippen molar-refractivity contribution in [2.75, 3.05) is 5.75 Å².